The normalized spacial score (nSPS) is 11.2. The fraction of sp³-hybridized carbons (Fsp3) is 0.111. The third-order valence-corrected chi connectivity index (χ3v) is 5.45. The Balaban J connectivity index is 1.56. The van der Waals surface area contributed by atoms with Crippen molar-refractivity contribution in [1.29, 1.82) is 0 Å². The van der Waals surface area contributed by atoms with Crippen LogP contribution in [0.1, 0.15) is 25.0 Å². The molecule has 27 heavy (non-hydrogen) atoms. The molecule has 0 spiro atoms. The molecule has 0 aliphatic heterocycles. The summed E-state index contributed by atoms with van der Waals surface area (Å²) >= 11 is 2.61. The summed E-state index contributed by atoms with van der Waals surface area (Å²) in [5.74, 6) is -0.0744. The Labute approximate surface area is 160 Å². The number of amides is 2. The molecule has 1 aromatic carbocycles. The smallest absolute Gasteiger partial charge is 0.333 e. The zero-order valence-electron chi connectivity index (χ0n) is 13.7. The molecule has 0 radical (unpaired) electrons. The highest BCUT2D eigenvalue weighted by Gasteiger charge is 2.30. The van der Waals surface area contributed by atoms with Crippen molar-refractivity contribution in [3.05, 3.63) is 74.1 Å². The van der Waals surface area contributed by atoms with E-state index in [-0.39, 0.29) is 18.0 Å². The summed E-state index contributed by atoms with van der Waals surface area (Å²) in [6.45, 7) is 0.160. The molecule has 3 aromatic rings. The Hall–Kier alpha value is -2.65. The molecule has 0 aliphatic rings. The number of carbonyl (C=O) groups excluding carboxylic acids is 2. The first kappa shape index (κ1) is 19.1. The second-order valence-corrected chi connectivity index (χ2v) is 7.57. The molecule has 0 atom stereocenters. The molecule has 9 heteroatoms. The van der Waals surface area contributed by atoms with Gasteiger partial charge >= 0.3 is 12.2 Å². The molecular weight excluding hydrogens is 397 g/mol. The molecule has 0 bridgehead atoms. The number of thiophene rings is 2. The first-order chi connectivity index (χ1) is 12.8. The van der Waals surface area contributed by atoms with Gasteiger partial charge in [0.05, 0.1) is 21.9 Å². The minimum absolute atomic E-state index is 0.0436. The maximum absolute atomic E-state index is 12.7. The molecular formula is C18H13F3N2O2S2. The molecule has 4 nitrogen and oxygen atoms in total. The number of rotatable bonds is 5. The SMILES string of the molecule is O=C(NCc1ccc(C(=O)c2cccs2)s1)Nc1cccc(C(F)(F)F)c1. The summed E-state index contributed by atoms with van der Waals surface area (Å²) in [6, 6.07) is 10.7. The van der Waals surface area contributed by atoms with Crippen molar-refractivity contribution in [1.82, 2.24) is 5.32 Å². The van der Waals surface area contributed by atoms with Crippen LogP contribution in [0.5, 0.6) is 0 Å². The number of alkyl halides is 3. The number of ketones is 1. The van der Waals surface area contributed by atoms with Gasteiger partial charge in [-0.1, -0.05) is 12.1 Å². The van der Waals surface area contributed by atoms with E-state index in [2.05, 4.69) is 10.6 Å². The molecule has 2 N–H and O–H groups in total. The van der Waals surface area contributed by atoms with Crippen LogP contribution >= 0.6 is 22.7 Å². The monoisotopic (exact) mass is 410 g/mol. The van der Waals surface area contributed by atoms with Gasteiger partial charge in [-0.3, -0.25) is 4.79 Å². The van der Waals surface area contributed by atoms with E-state index in [0.717, 1.165) is 17.0 Å². The highest BCUT2D eigenvalue weighted by Crippen LogP contribution is 2.30. The first-order valence-electron chi connectivity index (χ1n) is 7.72. The van der Waals surface area contributed by atoms with Crippen LogP contribution < -0.4 is 10.6 Å². The zero-order valence-corrected chi connectivity index (χ0v) is 15.3. The zero-order chi connectivity index (χ0) is 19.4. The molecule has 2 amide bonds. The summed E-state index contributed by atoms with van der Waals surface area (Å²) in [4.78, 5) is 26.1. The molecule has 0 saturated heterocycles. The average molecular weight is 410 g/mol. The van der Waals surface area contributed by atoms with Crippen LogP contribution in [-0.2, 0) is 12.7 Å². The largest absolute Gasteiger partial charge is 0.416 e. The number of urea groups is 1. The lowest BCUT2D eigenvalue weighted by Crippen LogP contribution is -2.28. The van der Waals surface area contributed by atoms with Gasteiger partial charge in [0.2, 0.25) is 5.78 Å². The van der Waals surface area contributed by atoms with Gasteiger partial charge in [-0.15, -0.1) is 22.7 Å². The third kappa shape index (κ3) is 4.95. The summed E-state index contributed by atoms with van der Waals surface area (Å²) < 4.78 is 38.1. The second kappa shape index (κ2) is 7.93. The molecule has 0 unspecified atom stereocenters. The van der Waals surface area contributed by atoms with Crippen LogP contribution in [0, 0.1) is 0 Å². The third-order valence-electron chi connectivity index (χ3n) is 3.50. The van der Waals surface area contributed by atoms with E-state index in [1.165, 1.54) is 34.8 Å². The van der Waals surface area contributed by atoms with Crippen LogP contribution in [-0.4, -0.2) is 11.8 Å². The van der Waals surface area contributed by atoms with Crippen molar-refractivity contribution in [3.63, 3.8) is 0 Å². The minimum Gasteiger partial charge on any atom is -0.333 e. The molecule has 2 aromatic heterocycles. The molecule has 0 saturated carbocycles. The van der Waals surface area contributed by atoms with Gasteiger partial charge < -0.3 is 10.6 Å². The Morgan fingerprint density at radius 3 is 2.52 bits per heavy atom. The molecule has 140 valence electrons. The van der Waals surface area contributed by atoms with E-state index in [9.17, 15) is 22.8 Å². The van der Waals surface area contributed by atoms with E-state index in [4.69, 9.17) is 0 Å². The molecule has 3 rings (SSSR count). The van der Waals surface area contributed by atoms with Crippen LogP contribution in [0.2, 0.25) is 0 Å². The Bertz CT molecular complexity index is 950. The van der Waals surface area contributed by atoms with Gasteiger partial charge in [-0.05, 0) is 41.8 Å². The Kier molecular flexibility index (Phi) is 5.62. The standard InChI is InChI=1S/C18H13F3N2O2S2/c19-18(20,21)11-3-1-4-12(9-11)23-17(25)22-10-13-6-7-15(27-13)16(24)14-5-2-8-26-14/h1-9H,10H2,(H2,22,23,25). The van der Waals surface area contributed by atoms with Gasteiger partial charge in [0.1, 0.15) is 0 Å². The van der Waals surface area contributed by atoms with Crippen molar-refractivity contribution in [2.45, 2.75) is 12.7 Å². The fourth-order valence-corrected chi connectivity index (χ4v) is 3.88. The maximum Gasteiger partial charge on any atom is 0.416 e. The number of benzene rings is 1. The van der Waals surface area contributed by atoms with Crippen molar-refractivity contribution < 1.29 is 22.8 Å². The highest BCUT2D eigenvalue weighted by molar-refractivity contribution is 7.16. The van der Waals surface area contributed by atoms with Crippen molar-refractivity contribution in [2.75, 3.05) is 5.32 Å². The van der Waals surface area contributed by atoms with Crippen LogP contribution in [0.4, 0.5) is 23.7 Å². The van der Waals surface area contributed by atoms with Crippen LogP contribution in [0.3, 0.4) is 0 Å². The maximum atomic E-state index is 12.7. The van der Waals surface area contributed by atoms with E-state index >= 15 is 0 Å². The van der Waals surface area contributed by atoms with Crippen LogP contribution in [0.15, 0.2) is 53.9 Å². The van der Waals surface area contributed by atoms with Crippen LogP contribution in [0.25, 0.3) is 0 Å². The van der Waals surface area contributed by atoms with Gasteiger partial charge in [0.25, 0.3) is 0 Å². The summed E-state index contributed by atoms with van der Waals surface area (Å²) in [5, 5.41) is 6.75. The molecule has 0 fully saturated rings. The van der Waals surface area contributed by atoms with E-state index in [0.29, 0.717) is 9.75 Å². The second-order valence-electron chi connectivity index (χ2n) is 5.46. The van der Waals surface area contributed by atoms with Crippen molar-refractivity contribution in [3.8, 4) is 0 Å². The highest BCUT2D eigenvalue weighted by atomic mass is 32.1. The predicted molar refractivity (Wildman–Crippen MR) is 99.4 cm³/mol. The Morgan fingerprint density at radius 2 is 1.81 bits per heavy atom. The van der Waals surface area contributed by atoms with E-state index < -0.39 is 17.8 Å². The lowest BCUT2D eigenvalue weighted by Gasteiger charge is -2.10. The number of nitrogens with one attached hydrogen (secondary N) is 2. The molecule has 2 heterocycles. The summed E-state index contributed by atoms with van der Waals surface area (Å²) in [5.41, 5.74) is -0.794. The lowest BCUT2D eigenvalue weighted by molar-refractivity contribution is -0.137. The summed E-state index contributed by atoms with van der Waals surface area (Å²) in [6.07, 6.45) is -4.48. The number of halogens is 3. The number of anilines is 1. The number of carbonyl (C=O) groups is 2. The lowest BCUT2D eigenvalue weighted by atomic mass is 10.2. The Morgan fingerprint density at radius 1 is 1.00 bits per heavy atom. The van der Waals surface area contributed by atoms with Gasteiger partial charge in [-0.2, -0.15) is 13.2 Å². The average Bonchev–Trinajstić information content (AvgIpc) is 3.31. The van der Waals surface area contributed by atoms with E-state index in [1.807, 2.05) is 5.38 Å². The predicted octanol–water partition coefficient (Wildman–Crippen LogP) is 5.38. The fourth-order valence-electron chi connectivity index (χ4n) is 2.24. The van der Waals surface area contributed by atoms with Crippen molar-refractivity contribution in [2.24, 2.45) is 0 Å². The van der Waals surface area contributed by atoms with Gasteiger partial charge in [-0.25, -0.2) is 4.79 Å². The summed E-state index contributed by atoms with van der Waals surface area (Å²) in [7, 11) is 0. The van der Waals surface area contributed by atoms with Gasteiger partial charge in [0.15, 0.2) is 0 Å². The molecule has 0 aliphatic carbocycles. The first-order valence-corrected chi connectivity index (χ1v) is 9.41. The quantitative estimate of drug-likeness (QED) is 0.555. The number of hydrogen-bond acceptors (Lipinski definition) is 4. The van der Waals surface area contributed by atoms with Gasteiger partial charge in [0, 0.05) is 10.6 Å². The topological polar surface area (TPSA) is 58.2 Å². The minimum atomic E-state index is -4.48. The number of hydrogen-bond donors (Lipinski definition) is 2. The van der Waals surface area contributed by atoms with E-state index in [1.54, 1.807) is 24.3 Å². The van der Waals surface area contributed by atoms with Crippen molar-refractivity contribution >= 4 is 40.2 Å².